The Kier molecular flexibility index (Phi) is 4.13. The van der Waals surface area contributed by atoms with Crippen LogP contribution in [0.25, 0.3) is 10.9 Å². The average Bonchev–Trinajstić information content (AvgIpc) is 3.03. The second-order valence-corrected chi connectivity index (χ2v) is 6.46. The number of hydrogen-bond donors (Lipinski definition) is 2. The van der Waals surface area contributed by atoms with E-state index in [9.17, 15) is 5.11 Å². The number of phenols is 1. The Bertz CT molecular complexity index is 804. The van der Waals surface area contributed by atoms with Crippen LogP contribution in [0.1, 0.15) is 5.56 Å². The maximum Gasteiger partial charge on any atom is 0.116 e. The van der Waals surface area contributed by atoms with Crippen LogP contribution in [0.4, 0.5) is 5.69 Å². The van der Waals surface area contributed by atoms with Gasteiger partial charge in [-0.05, 0) is 42.3 Å². The monoisotopic (exact) mass is 321 g/mol. The standard InChI is InChI=1S/C20H23N3O/c24-18-6-7-20-19(14-18)16(15-21-20)8-9-22-10-12-23(13-11-22)17-4-2-1-3-5-17/h1-7,14-15,21,24H,8-13H2. The van der Waals surface area contributed by atoms with Gasteiger partial charge in [-0.15, -0.1) is 0 Å². The van der Waals surface area contributed by atoms with Crippen molar-refractivity contribution in [1.82, 2.24) is 9.88 Å². The Morgan fingerprint density at radius 1 is 0.958 bits per heavy atom. The third-order valence-corrected chi connectivity index (χ3v) is 4.94. The van der Waals surface area contributed by atoms with E-state index in [2.05, 4.69) is 51.3 Å². The largest absolute Gasteiger partial charge is 0.508 e. The molecule has 4 rings (SSSR count). The van der Waals surface area contributed by atoms with Crippen LogP contribution in [-0.4, -0.2) is 47.7 Å². The van der Waals surface area contributed by atoms with Gasteiger partial charge in [0.25, 0.3) is 0 Å². The molecule has 1 aliphatic rings. The van der Waals surface area contributed by atoms with Crippen LogP contribution in [-0.2, 0) is 6.42 Å². The van der Waals surface area contributed by atoms with Crippen molar-refractivity contribution >= 4 is 16.6 Å². The maximum atomic E-state index is 9.70. The first kappa shape index (κ1) is 15.1. The van der Waals surface area contributed by atoms with Gasteiger partial charge in [-0.2, -0.15) is 0 Å². The lowest BCUT2D eigenvalue weighted by Gasteiger charge is -2.36. The summed E-state index contributed by atoms with van der Waals surface area (Å²) in [6.45, 7) is 5.42. The number of phenolic OH excluding ortho intramolecular Hbond substituents is 1. The molecule has 0 saturated carbocycles. The molecule has 2 aromatic carbocycles. The summed E-state index contributed by atoms with van der Waals surface area (Å²) in [6, 6.07) is 16.2. The maximum absolute atomic E-state index is 9.70. The van der Waals surface area contributed by atoms with E-state index in [4.69, 9.17) is 0 Å². The number of aromatic hydroxyl groups is 1. The van der Waals surface area contributed by atoms with Gasteiger partial charge in [0, 0.05) is 55.5 Å². The summed E-state index contributed by atoms with van der Waals surface area (Å²) in [7, 11) is 0. The van der Waals surface area contributed by atoms with E-state index in [0.29, 0.717) is 5.75 Å². The molecular formula is C20H23N3O. The number of anilines is 1. The Hall–Kier alpha value is -2.46. The number of aromatic nitrogens is 1. The molecule has 0 atom stereocenters. The van der Waals surface area contributed by atoms with Gasteiger partial charge in [-0.25, -0.2) is 0 Å². The number of fused-ring (bicyclic) bond motifs is 1. The molecule has 0 unspecified atom stereocenters. The first-order chi connectivity index (χ1) is 11.8. The van der Waals surface area contributed by atoms with Crippen LogP contribution in [0.2, 0.25) is 0 Å². The van der Waals surface area contributed by atoms with Crippen molar-refractivity contribution in [3.05, 3.63) is 60.3 Å². The van der Waals surface area contributed by atoms with Crippen LogP contribution < -0.4 is 4.90 Å². The quantitative estimate of drug-likeness (QED) is 0.775. The van der Waals surface area contributed by atoms with Crippen LogP contribution in [0.3, 0.4) is 0 Å². The molecule has 2 heterocycles. The molecule has 1 fully saturated rings. The van der Waals surface area contributed by atoms with Crippen LogP contribution in [0.15, 0.2) is 54.7 Å². The smallest absolute Gasteiger partial charge is 0.116 e. The van der Waals surface area contributed by atoms with Gasteiger partial charge in [0.1, 0.15) is 5.75 Å². The average molecular weight is 321 g/mol. The fourth-order valence-electron chi connectivity index (χ4n) is 3.52. The lowest BCUT2D eigenvalue weighted by atomic mass is 10.1. The minimum absolute atomic E-state index is 0.333. The molecule has 0 radical (unpaired) electrons. The molecule has 0 spiro atoms. The van der Waals surface area contributed by atoms with E-state index >= 15 is 0 Å². The highest BCUT2D eigenvalue weighted by molar-refractivity contribution is 5.84. The molecular weight excluding hydrogens is 298 g/mol. The summed E-state index contributed by atoms with van der Waals surface area (Å²) < 4.78 is 0. The highest BCUT2D eigenvalue weighted by Gasteiger charge is 2.17. The highest BCUT2D eigenvalue weighted by Crippen LogP contribution is 2.23. The van der Waals surface area contributed by atoms with Crippen molar-refractivity contribution in [2.75, 3.05) is 37.6 Å². The van der Waals surface area contributed by atoms with Crippen LogP contribution in [0, 0.1) is 0 Å². The van der Waals surface area contributed by atoms with Gasteiger partial charge in [-0.1, -0.05) is 18.2 Å². The van der Waals surface area contributed by atoms with E-state index in [1.54, 1.807) is 6.07 Å². The van der Waals surface area contributed by atoms with Crippen molar-refractivity contribution in [3.63, 3.8) is 0 Å². The number of benzene rings is 2. The van der Waals surface area contributed by atoms with Crippen molar-refractivity contribution in [3.8, 4) is 5.75 Å². The normalized spacial score (nSPS) is 15.9. The van der Waals surface area contributed by atoms with E-state index in [-0.39, 0.29) is 0 Å². The van der Waals surface area contributed by atoms with Gasteiger partial charge < -0.3 is 15.0 Å². The molecule has 4 nitrogen and oxygen atoms in total. The summed E-state index contributed by atoms with van der Waals surface area (Å²) in [5, 5.41) is 10.8. The summed E-state index contributed by atoms with van der Waals surface area (Å²) in [4.78, 5) is 8.28. The first-order valence-electron chi connectivity index (χ1n) is 8.61. The Labute approximate surface area is 142 Å². The number of piperazine rings is 1. The number of nitrogens with one attached hydrogen (secondary N) is 1. The lowest BCUT2D eigenvalue weighted by Crippen LogP contribution is -2.46. The summed E-state index contributed by atoms with van der Waals surface area (Å²) in [6.07, 6.45) is 3.08. The topological polar surface area (TPSA) is 42.5 Å². The van der Waals surface area contributed by atoms with Crippen LogP contribution >= 0.6 is 0 Å². The fraction of sp³-hybridized carbons (Fsp3) is 0.300. The van der Waals surface area contributed by atoms with Gasteiger partial charge in [-0.3, -0.25) is 4.90 Å². The molecule has 1 aromatic heterocycles. The summed E-state index contributed by atoms with van der Waals surface area (Å²) in [5.74, 6) is 0.333. The van der Waals surface area contributed by atoms with E-state index < -0.39 is 0 Å². The van der Waals surface area contributed by atoms with Crippen molar-refractivity contribution in [2.24, 2.45) is 0 Å². The number of aromatic amines is 1. The third-order valence-electron chi connectivity index (χ3n) is 4.94. The van der Waals surface area contributed by atoms with E-state index in [1.165, 1.54) is 11.3 Å². The van der Waals surface area contributed by atoms with Crippen molar-refractivity contribution in [2.45, 2.75) is 6.42 Å². The molecule has 0 bridgehead atoms. The zero-order chi connectivity index (χ0) is 16.4. The summed E-state index contributed by atoms with van der Waals surface area (Å²) >= 11 is 0. The number of nitrogens with zero attached hydrogens (tertiary/aromatic N) is 2. The summed E-state index contributed by atoms with van der Waals surface area (Å²) in [5.41, 5.74) is 3.70. The third kappa shape index (κ3) is 3.10. The molecule has 4 heteroatoms. The first-order valence-corrected chi connectivity index (χ1v) is 8.61. The molecule has 1 aliphatic heterocycles. The van der Waals surface area contributed by atoms with E-state index in [1.807, 2.05) is 12.1 Å². The van der Waals surface area contributed by atoms with E-state index in [0.717, 1.165) is 50.0 Å². The zero-order valence-corrected chi connectivity index (χ0v) is 13.8. The SMILES string of the molecule is Oc1ccc2[nH]cc(CCN3CCN(c4ccccc4)CC3)c2c1. The molecule has 3 aromatic rings. The predicted octanol–water partition coefficient (Wildman–Crippen LogP) is 3.24. The Morgan fingerprint density at radius 3 is 2.54 bits per heavy atom. The molecule has 124 valence electrons. The highest BCUT2D eigenvalue weighted by atomic mass is 16.3. The Morgan fingerprint density at radius 2 is 1.75 bits per heavy atom. The molecule has 1 saturated heterocycles. The fourth-order valence-corrected chi connectivity index (χ4v) is 3.52. The zero-order valence-electron chi connectivity index (χ0n) is 13.8. The van der Waals surface area contributed by atoms with Crippen molar-refractivity contribution in [1.29, 1.82) is 0 Å². The lowest BCUT2D eigenvalue weighted by molar-refractivity contribution is 0.261. The number of rotatable bonds is 4. The van der Waals surface area contributed by atoms with Gasteiger partial charge in [0.15, 0.2) is 0 Å². The number of H-pyrrole nitrogens is 1. The minimum atomic E-state index is 0.333. The second kappa shape index (κ2) is 6.57. The number of para-hydroxylation sites is 1. The Balaban J connectivity index is 1.35. The van der Waals surface area contributed by atoms with Gasteiger partial charge >= 0.3 is 0 Å². The van der Waals surface area contributed by atoms with Crippen LogP contribution in [0.5, 0.6) is 5.75 Å². The molecule has 0 aliphatic carbocycles. The molecule has 24 heavy (non-hydrogen) atoms. The molecule has 2 N–H and O–H groups in total. The minimum Gasteiger partial charge on any atom is -0.508 e. The van der Waals surface area contributed by atoms with Gasteiger partial charge in [0.2, 0.25) is 0 Å². The molecule has 0 amide bonds. The second-order valence-electron chi connectivity index (χ2n) is 6.46. The van der Waals surface area contributed by atoms with Gasteiger partial charge in [0.05, 0.1) is 0 Å². The number of hydrogen-bond acceptors (Lipinski definition) is 3. The predicted molar refractivity (Wildman–Crippen MR) is 98.8 cm³/mol. The van der Waals surface area contributed by atoms with Crippen molar-refractivity contribution < 1.29 is 5.11 Å².